The van der Waals surface area contributed by atoms with Gasteiger partial charge in [0.25, 0.3) is 0 Å². The molecule has 0 aromatic rings. The van der Waals surface area contributed by atoms with E-state index in [9.17, 15) is 0 Å². The van der Waals surface area contributed by atoms with Crippen LogP contribution in [0.3, 0.4) is 0 Å². The third kappa shape index (κ3) is 4.89. The third-order valence-electron chi connectivity index (χ3n) is 2.35. The Morgan fingerprint density at radius 2 is 2.23 bits per heavy atom. The Kier molecular flexibility index (Phi) is 4.84. The normalized spacial score (nSPS) is 21.3. The smallest absolute Gasteiger partial charge is 0.0287 e. The Bertz CT molecular complexity index is 180. The van der Waals surface area contributed by atoms with E-state index in [1.165, 1.54) is 12.8 Å². The Hall–Kier alpha value is -0.560. The van der Waals surface area contributed by atoms with Crippen molar-refractivity contribution in [1.29, 1.82) is 0 Å². The van der Waals surface area contributed by atoms with Gasteiger partial charge >= 0.3 is 0 Å². The topological polar surface area (TPSA) is 12.0 Å². The Morgan fingerprint density at radius 1 is 1.38 bits per heavy atom. The Morgan fingerprint density at radius 3 is 2.85 bits per heavy atom. The summed E-state index contributed by atoms with van der Waals surface area (Å²) in [6.07, 6.45) is 12.5. The second-order valence-electron chi connectivity index (χ2n) is 4.15. The van der Waals surface area contributed by atoms with Crippen LogP contribution in [-0.2, 0) is 0 Å². The minimum atomic E-state index is 0.581. The standard InChI is InChI=1S/C12H21N/c1-11(2)7-6-10-13-12-8-4-3-5-9-12/h3-5,8,11-13H,6-7,9-10H2,1-2H3. The molecular weight excluding hydrogens is 158 g/mol. The monoisotopic (exact) mass is 179 g/mol. The van der Waals surface area contributed by atoms with Gasteiger partial charge in [-0.3, -0.25) is 0 Å². The zero-order valence-electron chi connectivity index (χ0n) is 8.79. The number of nitrogens with one attached hydrogen (secondary N) is 1. The van der Waals surface area contributed by atoms with Crippen molar-refractivity contribution in [2.45, 2.75) is 39.2 Å². The van der Waals surface area contributed by atoms with Crippen molar-refractivity contribution < 1.29 is 0 Å². The molecule has 0 heterocycles. The number of hydrogen-bond donors (Lipinski definition) is 1. The fourth-order valence-corrected chi connectivity index (χ4v) is 1.53. The molecule has 1 N–H and O–H groups in total. The summed E-state index contributed by atoms with van der Waals surface area (Å²) in [7, 11) is 0. The van der Waals surface area contributed by atoms with Crippen LogP contribution in [0.4, 0.5) is 0 Å². The lowest BCUT2D eigenvalue weighted by molar-refractivity contribution is 0.506. The molecule has 0 bridgehead atoms. The first kappa shape index (κ1) is 10.5. The maximum absolute atomic E-state index is 3.54. The summed E-state index contributed by atoms with van der Waals surface area (Å²) in [5.41, 5.74) is 0. The van der Waals surface area contributed by atoms with Gasteiger partial charge in [0.1, 0.15) is 0 Å². The van der Waals surface area contributed by atoms with Crippen molar-refractivity contribution in [2.75, 3.05) is 6.54 Å². The maximum Gasteiger partial charge on any atom is 0.0287 e. The molecule has 1 atom stereocenters. The minimum Gasteiger partial charge on any atom is -0.310 e. The van der Waals surface area contributed by atoms with Gasteiger partial charge in [0.05, 0.1) is 0 Å². The molecule has 13 heavy (non-hydrogen) atoms. The number of rotatable bonds is 5. The third-order valence-corrected chi connectivity index (χ3v) is 2.35. The molecular formula is C12H21N. The molecule has 1 heteroatoms. The molecule has 0 saturated heterocycles. The molecule has 1 aliphatic rings. The lowest BCUT2D eigenvalue weighted by Gasteiger charge is -2.15. The van der Waals surface area contributed by atoms with Crippen LogP contribution in [0.1, 0.15) is 33.1 Å². The van der Waals surface area contributed by atoms with E-state index < -0.39 is 0 Å². The first-order valence-electron chi connectivity index (χ1n) is 5.36. The molecule has 0 amide bonds. The lowest BCUT2D eigenvalue weighted by atomic mass is 10.1. The summed E-state index contributed by atoms with van der Waals surface area (Å²) in [5.74, 6) is 0.837. The maximum atomic E-state index is 3.54. The molecule has 0 aromatic carbocycles. The van der Waals surface area contributed by atoms with Crippen LogP contribution in [0, 0.1) is 5.92 Å². The van der Waals surface area contributed by atoms with Crippen molar-refractivity contribution >= 4 is 0 Å². The first-order chi connectivity index (χ1) is 6.29. The predicted octanol–water partition coefficient (Wildman–Crippen LogP) is 2.90. The minimum absolute atomic E-state index is 0.581. The van der Waals surface area contributed by atoms with Gasteiger partial charge in [-0.2, -0.15) is 0 Å². The van der Waals surface area contributed by atoms with E-state index in [0.717, 1.165) is 18.9 Å². The molecule has 74 valence electrons. The molecule has 0 aliphatic heterocycles. The average Bonchev–Trinajstić information content (AvgIpc) is 2.14. The van der Waals surface area contributed by atoms with Gasteiger partial charge in [0.2, 0.25) is 0 Å². The molecule has 0 radical (unpaired) electrons. The Balaban J connectivity index is 2.00. The lowest BCUT2D eigenvalue weighted by Crippen LogP contribution is -2.28. The van der Waals surface area contributed by atoms with Crippen LogP contribution < -0.4 is 5.32 Å². The second-order valence-corrected chi connectivity index (χ2v) is 4.15. The highest BCUT2D eigenvalue weighted by molar-refractivity contribution is 5.13. The molecule has 0 saturated carbocycles. The largest absolute Gasteiger partial charge is 0.310 e. The van der Waals surface area contributed by atoms with Gasteiger partial charge in [0.15, 0.2) is 0 Å². The molecule has 1 rings (SSSR count). The van der Waals surface area contributed by atoms with Crippen molar-refractivity contribution in [3.63, 3.8) is 0 Å². The highest BCUT2D eigenvalue weighted by Gasteiger charge is 2.03. The molecule has 1 unspecified atom stereocenters. The van der Waals surface area contributed by atoms with Crippen LogP contribution >= 0.6 is 0 Å². The van der Waals surface area contributed by atoms with Crippen LogP contribution in [0.25, 0.3) is 0 Å². The Labute approximate surface area is 81.9 Å². The van der Waals surface area contributed by atoms with Crippen LogP contribution in [-0.4, -0.2) is 12.6 Å². The van der Waals surface area contributed by atoms with E-state index >= 15 is 0 Å². The van der Waals surface area contributed by atoms with Gasteiger partial charge in [-0.05, 0) is 31.7 Å². The van der Waals surface area contributed by atoms with Gasteiger partial charge in [-0.25, -0.2) is 0 Å². The summed E-state index contributed by atoms with van der Waals surface area (Å²) < 4.78 is 0. The zero-order chi connectivity index (χ0) is 9.52. The fourth-order valence-electron chi connectivity index (χ4n) is 1.53. The highest BCUT2D eigenvalue weighted by Crippen LogP contribution is 2.05. The van der Waals surface area contributed by atoms with E-state index in [2.05, 4.69) is 43.5 Å². The van der Waals surface area contributed by atoms with Gasteiger partial charge in [0, 0.05) is 6.04 Å². The summed E-state index contributed by atoms with van der Waals surface area (Å²) >= 11 is 0. The van der Waals surface area contributed by atoms with E-state index in [1.54, 1.807) is 0 Å². The second kappa shape index (κ2) is 5.98. The van der Waals surface area contributed by atoms with Crippen LogP contribution in [0.5, 0.6) is 0 Å². The SMILES string of the molecule is CC(C)CCCNC1C=CC=CC1. The van der Waals surface area contributed by atoms with Gasteiger partial charge < -0.3 is 5.32 Å². The molecule has 0 fully saturated rings. The van der Waals surface area contributed by atoms with E-state index in [4.69, 9.17) is 0 Å². The van der Waals surface area contributed by atoms with Crippen LogP contribution in [0.15, 0.2) is 24.3 Å². The van der Waals surface area contributed by atoms with Crippen molar-refractivity contribution in [2.24, 2.45) is 5.92 Å². The number of allylic oxidation sites excluding steroid dienone is 2. The summed E-state index contributed by atoms with van der Waals surface area (Å²) in [6.45, 7) is 5.72. The predicted molar refractivity (Wildman–Crippen MR) is 58.8 cm³/mol. The van der Waals surface area contributed by atoms with E-state index in [1.807, 2.05) is 0 Å². The number of hydrogen-bond acceptors (Lipinski definition) is 1. The van der Waals surface area contributed by atoms with Crippen molar-refractivity contribution in [1.82, 2.24) is 5.32 Å². The summed E-state index contributed by atoms with van der Waals surface area (Å²) in [5, 5.41) is 3.54. The van der Waals surface area contributed by atoms with Crippen molar-refractivity contribution in [3.05, 3.63) is 24.3 Å². The molecule has 1 aliphatic carbocycles. The van der Waals surface area contributed by atoms with Crippen molar-refractivity contribution in [3.8, 4) is 0 Å². The molecule has 0 spiro atoms. The van der Waals surface area contributed by atoms with Gasteiger partial charge in [-0.15, -0.1) is 0 Å². The highest BCUT2D eigenvalue weighted by atomic mass is 14.9. The fraction of sp³-hybridized carbons (Fsp3) is 0.667. The van der Waals surface area contributed by atoms with E-state index in [-0.39, 0.29) is 0 Å². The first-order valence-corrected chi connectivity index (χ1v) is 5.36. The molecule has 0 aromatic heterocycles. The van der Waals surface area contributed by atoms with Gasteiger partial charge in [-0.1, -0.05) is 38.2 Å². The zero-order valence-corrected chi connectivity index (χ0v) is 8.79. The average molecular weight is 179 g/mol. The quantitative estimate of drug-likeness (QED) is 0.640. The molecule has 1 nitrogen and oxygen atoms in total. The summed E-state index contributed by atoms with van der Waals surface area (Å²) in [4.78, 5) is 0. The summed E-state index contributed by atoms with van der Waals surface area (Å²) in [6, 6.07) is 0.581. The van der Waals surface area contributed by atoms with Crippen LogP contribution in [0.2, 0.25) is 0 Å². The van der Waals surface area contributed by atoms with E-state index in [0.29, 0.717) is 6.04 Å².